The van der Waals surface area contributed by atoms with Gasteiger partial charge in [-0.15, -0.1) is 0 Å². The van der Waals surface area contributed by atoms with Gasteiger partial charge in [0.15, 0.2) is 9.84 Å². The number of nitrogens with one attached hydrogen (secondary N) is 1. The Labute approximate surface area is 94.6 Å². The van der Waals surface area contributed by atoms with E-state index in [4.69, 9.17) is 0 Å². The van der Waals surface area contributed by atoms with Gasteiger partial charge in [-0.2, -0.15) is 0 Å². The molecule has 0 fully saturated rings. The largest absolute Gasteiger partial charge is 0.315 e. The predicted octanol–water partition coefficient (Wildman–Crippen LogP) is 1.83. The lowest BCUT2D eigenvalue weighted by Gasteiger charge is -2.32. The molecule has 0 aromatic heterocycles. The summed E-state index contributed by atoms with van der Waals surface area (Å²) in [6.07, 6.45) is 0. The molecule has 0 saturated carbocycles. The fourth-order valence-electron chi connectivity index (χ4n) is 1.24. The second kappa shape index (κ2) is 4.42. The molecule has 0 rings (SSSR count). The highest BCUT2D eigenvalue weighted by Crippen LogP contribution is 2.24. The Morgan fingerprint density at radius 2 is 1.47 bits per heavy atom. The van der Waals surface area contributed by atoms with E-state index in [1.807, 2.05) is 27.8 Å². The van der Waals surface area contributed by atoms with Crippen molar-refractivity contribution in [1.29, 1.82) is 0 Å². The van der Waals surface area contributed by atoms with Crippen LogP contribution in [0.1, 0.15) is 41.5 Å². The summed E-state index contributed by atoms with van der Waals surface area (Å²) in [6.45, 7) is 11.4. The third-order valence-electron chi connectivity index (χ3n) is 2.71. The molecule has 0 aromatic carbocycles. The van der Waals surface area contributed by atoms with E-state index in [9.17, 15) is 8.42 Å². The van der Waals surface area contributed by atoms with Crippen molar-refractivity contribution in [1.82, 2.24) is 5.32 Å². The van der Waals surface area contributed by atoms with E-state index in [1.165, 1.54) is 0 Å². The van der Waals surface area contributed by atoms with Crippen LogP contribution in [0.25, 0.3) is 0 Å². The first kappa shape index (κ1) is 14.9. The van der Waals surface area contributed by atoms with E-state index in [1.54, 1.807) is 20.8 Å². The lowest BCUT2D eigenvalue weighted by atomic mass is 9.88. The van der Waals surface area contributed by atoms with Crippen LogP contribution < -0.4 is 5.32 Å². The summed E-state index contributed by atoms with van der Waals surface area (Å²) in [5.74, 6) is 0.191. The highest BCUT2D eigenvalue weighted by molar-refractivity contribution is 7.92. The Morgan fingerprint density at radius 1 is 1.07 bits per heavy atom. The molecule has 0 heterocycles. The average molecular weight is 235 g/mol. The molecule has 4 heteroatoms. The molecule has 0 saturated heterocycles. The van der Waals surface area contributed by atoms with Crippen LogP contribution in [0, 0.1) is 5.41 Å². The summed E-state index contributed by atoms with van der Waals surface area (Å²) < 4.78 is 23.4. The zero-order chi connectivity index (χ0) is 12.5. The minimum absolute atomic E-state index is 0.0123. The normalized spacial score (nSPS) is 16.5. The Morgan fingerprint density at radius 3 is 1.67 bits per heavy atom. The van der Waals surface area contributed by atoms with Crippen LogP contribution in [-0.2, 0) is 9.84 Å². The molecule has 0 aromatic rings. The summed E-state index contributed by atoms with van der Waals surface area (Å²) in [5.41, 5.74) is -0.0485. The van der Waals surface area contributed by atoms with E-state index in [0.717, 1.165) is 0 Å². The minimum atomic E-state index is -3.05. The topological polar surface area (TPSA) is 46.2 Å². The van der Waals surface area contributed by atoms with Gasteiger partial charge in [0, 0.05) is 6.04 Å². The molecule has 0 bridgehead atoms. The molecular formula is C11H25NO2S. The molecule has 15 heavy (non-hydrogen) atoms. The SMILES string of the molecule is CNC(CS(=O)(=O)C(C)(C)C)C(C)(C)C. The molecule has 0 aliphatic rings. The lowest BCUT2D eigenvalue weighted by molar-refractivity contribution is 0.301. The monoisotopic (exact) mass is 235 g/mol. The summed E-state index contributed by atoms with van der Waals surface area (Å²) in [7, 11) is -1.24. The van der Waals surface area contributed by atoms with Crippen LogP contribution in [0.3, 0.4) is 0 Å². The maximum Gasteiger partial charge on any atom is 0.156 e. The number of hydrogen-bond donors (Lipinski definition) is 1. The first-order chi connectivity index (χ1) is 6.42. The summed E-state index contributed by atoms with van der Waals surface area (Å²) in [6, 6.07) is -0.0123. The number of hydrogen-bond acceptors (Lipinski definition) is 3. The molecule has 92 valence electrons. The molecule has 3 nitrogen and oxygen atoms in total. The van der Waals surface area contributed by atoms with Crippen LogP contribution in [0.15, 0.2) is 0 Å². The molecule has 1 unspecified atom stereocenters. The standard InChI is InChI=1S/C11H25NO2S/c1-10(2,3)9(12-7)8-15(13,14)11(4,5)6/h9,12H,8H2,1-7H3. The number of sulfone groups is 1. The van der Waals surface area contributed by atoms with Crippen LogP contribution >= 0.6 is 0 Å². The van der Waals surface area contributed by atoms with Gasteiger partial charge in [0.1, 0.15) is 0 Å². The fourth-order valence-corrected chi connectivity index (χ4v) is 2.84. The van der Waals surface area contributed by atoms with Gasteiger partial charge in [0.25, 0.3) is 0 Å². The fraction of sp³-hybridized carbons (Fsp3) is 1.00. The van der Waals surface area contributed by atoms with Crippen molar-refractivity contribution in [3.05, 3.63) is 0 Å². The molecule has 0 aliphatic carbocycles. The predicted molar refractivity (Wildman–Crippen MR) is 65.8 cm³/mol. The first-order valence-corrected chi connectivity index (χ1v) is 6.96. The maximum atomic E-state index is 12.0. The zero-order valence-electron chi connectivity index (χ0n) is 11.0. The molecule has 1 atom stereocenters. The highest BCUT2D eigenvalue weighted by Gasteiger charge is 2.35. The van der Waals surface area contributed by atoms with Crippen LogP contribution in [0.5, 0.6) is 0 Å². The van der Waals surface area contributed by atoms with E-state index in [-0.39, 0.29) is 17.2 Å². The van der Waals surface area contributed by atoms with E-state index >= 15 is 0 Å². The van der Waals surface area contributed by atoms with Gasteiger partial charge in [0.2, 0.25) is 0 Å². The zero-order valence-corrected chi connectivity index (χ0v) is 11.8. The summed E-state index contributed by atoms with van der Waals surface area (Å²) >= 11 is 0. The first-order valence-electron chi connectivity index (χ1n) is 5.31. The Bertz CT molecular complexity index is 294. The van der Waals surface area contributed by atoms with Gasteiger partial charge in [-0.05, 0) is 33.2 Å². The lowest BCUT2D eigenvalue weighted by Crippen LogP contribution is -2.46. The van der Waals surface area contributed by atoms with Crippen LogP contribution in [-0.4, -0.2) is 32.0 Å². The Hall–Kier alpha value is -0.0900. The van der Waals surface area contributed by atoms with Crippen molar-refractivity contribution in [3.8, 4) is 0 Å². The van der Waals surface area contributed by atoms with Crippen molar-refractivity contribution < 1.29 is 8.42 Å². The highest BCUT2D eigenvalue weighted by atomic mass is 32.2. The van der Waals surface area contributed by atoms with Gasteiger partial charge in [-0.3, -0.25) is 0 Å². The average Bonchev–Trinajstić information content (AvgIpc) is 1.95. The van der Waals surface area contributed by atoms with Crippen molar-refractivity contribution in [2.75, 3.05) is 12.8 Å². The molecular weight excluding hydrogens is 210 g/mol. The quantitative estimate of drug-likeness (QED) is 0.812. The Kier molecular flexibility index (Phi) is 4.39. The van der Waals surface area contributed by atoms with Crippen molar-refractivity contribution in [2.45, 2.75) is 52.3 Å². The van der Waals surface area contributed by atoms with Crippen molar-refractivity contribution in [3.63, 3.8) is 0 Å². The smallest absolute Gasteiger partial charge is 0.156 e. The molecule has 0 spiro atoms. The third kappa shape index (κ3) is 4.11. The van der Waals surface area contributed by atoms with Crippen LogP contribution in [0.2, 0.25) is 0 Å². The molecule has 0 aliphatic heterocycles. The molecule has 0 radical (unpaired) electrons. The van der Waals surface area contributed by atoms with E-state index in [0.29, 0.717) is 0 Å². The summed E-state index contributed by atoms with van der Waals surface area (Å²) in [4.78, 5) is 0. The van der Waals surface area contributed by atoms with Crippen LogP contribution in [0.4, 0.5) is 0 Å². The Balaban J connectivity index is 4.88. The maximum absolute atomic E-state index is 12.0. The second-order valence-corrected chi connectivity index (χ2v) is 8.89. The third-order valence-corrected chi connectivity index (χ3v) is 5.35. The van der Waals surface area contributed by atoms with E-state index < -0.39 is 14.6 Å². The van der Waals surface area contributed by atoms with Gasteiger partial charge in [-0.25, -0.2) is 8.42 Å². The molecule has 0 amide bonds. The van der Waals surface area contributed by atoms with Gasteiger partial charge in [-0.1, -0.05) is 20.8 Å². The van der Waals surface area contributed by atoms with Gasteiger partial charge < -0.3 is 5.32 Å². The minimum Gasteiger partial charge on any atom is -0.315 e. The van der Waals surface area contributed by atoms with Crippen molar-refractivity contribution >= 4 is 9.84 Å². The number of rotatable bonds is 3. The van der Waals surface area contributed by atoms with Gasteiger partial charge >= 0.3 is 0 Å². The second-order valence-electron chi connectivity index (χ2n) is 6.10. The van der Waals surface area contributed by atoms with Crippen molar-refractivity contribution in [2.24, 2.45) is 5.41 Å². The van der Waals surface area contributed by atoms with Gasteiger partial charge in [0.05, 0.1) is 10.5 Å². The summed E-state index contributed by atoms with van der Waals surface area (Å²) in [5, 5.41) is 3.09. The molecule has 1 N–H and O–H groups in total. The van der Waals surface area contributed by atoms with E-state index in [2.05, 4.69) is 5.32 Å².